The van der Waals surface area contributed by atoms with Crippen LogP contribution in [0.5, 0.6) is 11.5 Å². The Hall–Kier alpha value is -4.45. The van der Waals surface area contributed by atoms with Gasteiger partial charge in [0.25, 0.3) is 11.8 Å². The summed E-state index contributed by atoms with van der Waals surface area (Å²) in [6.45, 7) is 7.53. The first-order chi connectivity index (χ1) is 24.8. The van der Waals surface area contributed by atoms with Crippen molar-refractivity contribution in [3.05, 3.63) is 59.7 Å². The summed E-state index contributed by atoms with van der Waals surface area (Å²) in [5, 5.41) is 21.2. The van der Waals surface area contributed by atoms with Crippen molar-refractivity contribution >= 4 is 29.9 Å². The summed E-state index contributed by atoms with van der Waals surface area (Å²) in [6, 6.07) is 12.7. The number of ether oxygens (including phenoxy) is 2. The summed E-state index contributed by atoms with van der Waals surface area (Å²) in [4.78, 5) is 62.7. The highest BCUT2D eigenvalue weighted by molar-refractivity contribution is 6.00. The highest BCUT2D eigenvalue weighted by Crippen LogP contribution is 2.31. The van der Waals surface area contributed by atoms with Gasteiger partial charge in [0.05, 0.1) is 32.9 Å². The molecule has 2 aromatic carbocycles. The number of hydrogen-bond acceptors (Lipinski definition) is 8. The van der Waals surface area contributed by atoms with Crippen molar-refractivity contribution in [3.8, 4) is 11.5 Å². The van der Waals surface area contributed by atoms with Gasteiger partial charge in [-0.05, 0) is 86.1 Å². The molecule has 4 rings (SSSR count). The minimum absolute atomic E-state index is 0.00520. The zero-order valence-electron chi connectivity index (χ0n) is 31.6. The molecule has 12 heteroatoms. The van der Waals surface area contributed by atoms with E-state index in [1.54, 1.807) is 62.8 Å². The molecular formula is C40H58N4O8. The largest absolute Gasteiger partial charge is 0.497 e. The van der Waals surface area contributed by atoms with Gasteiger partial charge in [0, 0.05) is 11.1 Å². The van der Waals surface area contributed by atoms with E-state index in [1.165, 1.54) is 0 Å². The molecule has 0 spiro atoms. The third-order valence-electron chi connectivity index (χ3n) is 10.2. The summed E-state index contributed by atoms with van der Waals surface area (Å²) >= 11 is 0. The highest BCUT2D eigenvalue weighted by atomic mass is 16.5. The Balaban J connectivity index is 0.000000280. The smallest absolute Gasteiger partial charge is 0.252 e. The van der Waals surface area contributed by atoms with Crippen LogP contribution in [0.3, 0.4) is 0 Å². The summed E-state index contributed by atoms with van der Waals surface area (Å²) in [5.41, 5.74) is -0.923. The average molecular weight is 723 g/mol. The van der Waals surface area contributed by atoms with Crippen LogP contribution in [0.25, 0.3) is 0 Å². The van der Waals surface area contributed by atoms with Gasteiger partial charge < -0.3 is 40.6 Å². The van der Waals surface area contributed by atoms with Crippen molar-refractivity contribution < 1.29 is 38.6 Å². The van der Waals surface area contributed by atoms with Gasteiger partial charge in [-0.25, -0.2) is 0 Å². The zero-order valence-corrected chi connectivity index (χ0v) is 31.6. The first-order valence-corrected chi connectivity index (χ1v) is 18.4. The van der Waals surface area contributed by atoms with Crippen molar-refractivity contribution in [2.75, 3.05) is 20.8 Å². The second-order valence-corrected chi connectivity index (χ2v) is 14.5. The minimum Gasteiger partial charge on any atom is -0.497 e. The van der Waals surface area contributed by atoms with Crippen LogP contribution in [0.15, 0.2) is 48.5 Å². The quantitative estimate of drug-likeness (QED) is 0.174. The molecule has 4 amide bonds. The zero-order chi connectivity index (χ0) is 38.3. The Morgan fingerprint density at radius 2 is 1.04 bits per heavy atom. The van der Waals surface area contributed by atoms with Crippen LogP contribution in [0.4, 0.5) is 0 Å². The monoisotopic (exact) mass is 722 g/mol. The molecule has 0 radical (unpaired) electrons. The molecule has 52 heavy (non-hydrogen) atoms. The van der Waals surface area contributed by atoms with Gasteiger partial charge >= 0.3 is 0 Å². The van der Waals surface area contributed by atoms with E-state index in [9.17, 15) is 29.1 Å². The number of carbonyl (C=O) groups is 5. The molecule has 286 valence electrons. The van der Waals surface area contributed by atoms with Crippen LogP contribution in [0.2, 0.25) is 0 Å². The lowest BCUT2D eigenvalue weighted by Gasteiger charge is -2.38. The van der Waals surface area contributed by atoms with Crippen LogP contribution >= 0.6 is 0 Å². The SMILES string of the molecule is COc1ccc(C(=O)NC2(C(=O)N[C@H](C=O)C(C)C)CCCCC2)cc1.COc1ccc(C(=O)NC2(C(=O)N[C@H](CO)C(C)C)CCCCC2)cc1. The molecule has 2 aliphatic carbocycles. The summed E-state index contributed by atoms with van der Waals surface area (Å²) in [5.74, 6) is 0.409. The molecule has 5 N–H and O–H groups in total. The third kappa shape index (κ3) is 11.3. The highest BCUT2D eigenvalue weighted by Gasteiger charge is 2.43. The van der Waals surface area contributed by atoms with E-state index in [0.29, 0.717) is 48.3 Å². The minimum atomic E-state index is -0.967. The predicted octanol–water partition coefficient (Wildman–Crippen LogP) is 4.73. The summed E-state index contributed by atoms with van der Waals surface area (Å²) in [7, 11) is 3.14. The van der Waals surface area contributed by atoms with E-state index in [-0.39, 0.29) is 48.1 Å². The fourth-order valence-electron chi connectivity index (χ4n) is 6.57. The number of rotatable bonds is 14. The van der Waals surface area contributed by atoms with Gasteiger partial charge in [-0.1, -0.05) is 66.2 Å². The molecule has 2 aromatic rings. The van der Waals surface area contributed by atoms with Gasteiger partial charge in [-0.2, -0.15) is 0 Å². The number of hydrogen-bond donors (Lipinski definition) is 5. The van der Waals surface area contributed by atoms with Crippen molar-refractivity contribution in [1.29, 1.82) is 0 Å². The van der Waals surface area contributed by atoms with Crippen molar-refractivity contribution in [2.45, 2.75) is 115 Å². The number of benzene rings is 2. The number of carbonyl (C=O) groups excluding carboxylic acids is 5. The third-order valence-corrected chi connectivity index (χ3v) is 10.2. The van der Waals surface area contributed by atoms with Gasteiger partial charge in [0.2, 0.25) is 11.8 Å². The molecule has 12 nitrogen and oxygen atoms in total. The van der Waals surface area contributed by atoms with E-state index in [0.717, 1.165) is 44.8 Å². The Morgan fingerprint density at radius 1 is 0.654 bits per heavy atom. The molecule has 2 fully saturated rings. The number of aliphatic hydroxyl groups excluding tert-OH is 1. The summed E-state index contributed by atoms with van der Waals surface area (Å²) < 4.78 is 10.2. The fraction of sp³-hybridized carbons (Fsp3) is 0.575. The maximum absolute atomic E-state index is 13.0. The number of aldehydes is 1. The maximum atomic E-state index is 13.0. The second kappa shape index (κ2) is 20.0. The molecule has 2 atom stereocenters. The fourth-order valence-corrected chi connectivity index (χ4v) is 6.57. The summed E-state index contributed by atoms with van der Waals surface area (Å²) in [6.07, 6.45) is 8.72. The van der Waals surface area contributed by atoms with Crippen molar-refractivity contribution in [2.24, 2.45) is 11.8 Å². The van der Waals surface area contributed by atoms with Gasteiger partial charge in [-0.3, -0.25) is 19.2 Å². The number of aliphatic hydroxyl groups is 1. The molecule has 2 aliphatic rings. The Morgan fingerprint density at radius 3 is 1.35 bits per heavy atom. The van der Waals surface area contributed by atoms with E-state index < -0.39 is 17.1 Å². The Kier molecular flexibility index (Phi) is 16.1. The van der Waals surface area contributed by atoms with Crippen LogP contribution in [-0.2, 0) is 14.4 Å². The lowest BCUT2D eigenvalue weighted by atomic mass is 9.80. The predicted molar refractivity (Wildman–Crippen MR) is 199 cm³/mol. The lowest BCUT2D eigenvalue weighted by Crippen LogP contribution is -2.62. The van der Waals surface area contributed by atoms with Crippen LogP contribution in [-0.4, -0.2) is 79.0 Å². The maximum Gasteiger partial charge on any atom is 0.252 e. The molecule has 2 saturated carbocycles. The van der Waals surface area contributed by atoms with Crippen LogP contribution < -0.4 is 30.7 Å². The molecule has 0 unspecified atom stereocenters. The average Bonchev–Trinajstić information content (AvgIpc) is 3.16. The van der Waals surface area contributed by atoms with E-state index in [4.69, 9.17) is 9.47 Å². The van der Waals surface area contributed by atoms with E-state index >= 15 is 0 Å². The van der Waals surface area contributed by atoms with Gasteiger partial charge in [0.15, 0.2) is 0 Å². The standard InChI is InChI=1S/C20H30N2O4.C20H28N2O4/c2*1-14(2)17(13-23)21-19(25)20(11-5-4-6-12-20)22-18(24)15-7-9-16(26-3)10-8-15/h7-10,14,17,23H,4-6,11-13H2,1-3H3,(H,21,25)(H,22,24);7-10,13-14,17H,4-6,11-12H2,1-3H3,(H,21,25)(H,22,24)/t2*17-/m11/s1. The first-order valence-electron chi connectivity index (χ1n) is 18.4. The first kappa shape index (κ1) is 42.0. The van der Waals surface area contributed by atoms with E-state index in [2.05, 4.69) is 21.3 Å². The van der Waals surface area contributed by atoms with Crippen LogP contribution in [0.1, 0.15) is 113 Å². The molecule has 0 heterocycles. The Labute approximate surface area is 308 Å². The Bertz CT molecular complexity index is 1460. The number of methoxy groups -OCH3 is 2. The molecule has 0 bridgehead atoms. The number of amides is 4. The van der Waals surface area contributed by atoms with Gasteiger partial charge in [-0.15, -0.1) is 0 Å². The molecule has 0 aromatic heterocycles. The molecule has 0 aliphatic heterocycles. The molecule has 0 saturated heterocycles. The lowest BCUT2D eigenvalue weighted by molar-refractivity contribution is -0.131. The van der Waals surface area contributed by atoms with E-state index in [1.807, 2.05) is 27.7 Å². The number of nitrogens with one attached hydrogen (secondary N) is 4. The molecular weight excluding hydrogens is 664 g/mol. The normalized spacial score (nSPS) is 17.3. The van der Waals surface area contributed by atoms with Crippen LogP contribution in [0, 0.1) is 11.8 Å². The topological polar surface area (TPSA) is 172 Å². The van der Waals surface area contributed by atoms with Crippen molar-refractivity contribution in [3.63, 3.8) is 0 Å². The van der Waals surface area contributed by atoms with Gasteiger partial charge in [0.1, 0.15) is 28.9 Å². The van der Waals surface area contributed by atoms with Crippen molar-refractivity contribution in [1.82, 2.24) is 21.3 Å². The second-order valence-electron chi connectivity index (χ2n) is 14.5.